The Hall–Kier alpha value is -2.15. The van der Waals surface area contributed by atoms with Crippen molar-refractivity contribution < 1.29 is 28.6 Å². The lowest BCUT2D eigenvalue weighted by atomic mass is 9.83. The first-order chi connectivity index (χ1) is 33.7. The Morgan fingerprint density at radius 2 is 0.757 bits per heavy atom. The van der Waals surface area contributed by atoms with Gasteiger partial charge in [-0.2, -0.15) is 0 Å². The number of hydrogen-bond donors (Lipinski definition) is 0. The fourth-order valence-corrected chi connectivity index (χ4v) is 9.90. The van der Waals surface area contributed by atoms with Crippen molar-refractivity contribution in [3.8, 4) is 0 Å². The number of esters is 3. The van der Waals surface area contributed by atoms with E-state index in [0.717, 1.165) is 83.1 Å². The lowest BCUT2D eigenvalue weighted by Crippen LogP contribution is -2.20. The molecular weight excluding hydrogens is 867 g/mol. The van der Waals surface area contributed by atoms with Gasteiger partial charge in [0.2, 0.25) is 0 Å². The zero-order valence-corrected chi connectivity index (χ0v) is 48.3. The van der Waals surface area contributed by atoms with Gasteiger partial charge in [-0.1, -0.05) is 176 Å². The highest BCUT2D eigenvalue weighted by Crippen LogP contribution is 2.25. The van der Waals surface area contributed by atoms with E-state index < -0.39 is 0 Å². The molecule has 0 bridgehead atoms. The van der Waals surface area contributed by atoms with E-state index in [9.17, 15) is 14.4 Å². The van der Waals surface area contributed by atoms with E-state index in [0.29, 0.717) is 62.1 Å². The molecule has 0 spiro atoms. The molecule has 0 saturated carbocycles. The van der Waals surface area contributed by atoms with Crippen molar-refractivity contribution in [1.82, 2.24) is 4.90 Å². The summed E-state index contributed by atoms with van der Waals surface area (Å²) in [6, 6.07) is 0. The first kappa shape index (κ1) is 67.8. The second-order valence-electron chi connectivity index (χ2n) is 23.1. The summed E-state index contributed by atoms with van der Waals surface area (Å²) in [5, 5.41) is 0. The van der Waals surface area contributed by atoms with Gasteiger partial charge in [-0.05, 0) is 172 Å². The zero-order chi connectivity index (χ0) is 51.9. The molecule has 70 heavy (non-hydrogen) atoms. The molecule has 7 heteroatoms. The summed E-state index contributed by atoms with van der Waals surface area (Å²) in [5.41, 5.74) is 0. The molecule has 0 radical (unpaired) electrons. The minimum absolute atomic E-state index is 0.0122. The molecule has 0 N–H and O–H groups in total. The normalized spacial score (nSPS) is 13.1. The molecule has 0 aromatic rings. The predicted molar refractivity (Wildman–Crippen MR) is 301 cm³/mol. The van der Waals surface area contributed by atoms with Gasteiger partial charge in [0.1, 0.15) is 6.10 Å². The molecule has 7 nitrogen and oxygen atoms in total. The van der Waals surface area contributed by atoms with Crippen LogP contribution in [0.5, 0.6) is 0 Å². The maximum absolute atomic E-state index is 12.7. The number of unbranched alkanes of at least 4 members (excludes halogenated alkanes) is 22. The Morgan fingerprint density at radius 1 is 0.386 bits per heavy atom. The summed E-state index contributed by atoms with van der Waals surface area (Å²) in [7, 11) is 4.11. The van der Waals surface area contributed by atoms with E-state index in [1.54, 1.807) is 0 Å². The first-order valence-electron chi connectivity index (χ1n) is 30.2. The molecule has 2 unspecified atom stereocenters. The molecule has 0 aliphatic carbocycles. The average molecular weight is 987 g/mol. The number of ether oxygens (including phenoxy) is 3. The molecule has 412 valence electrons. The molecule has 0 saturated heterocycles. The number of nitrogens with zero attached hydrogens (tertiary/aromatic N) is 1. The van der Waals surface area contributed by atoms with E-state index in [4.69, 9.17) is 14.2 Å². The molecule has 0 fully saturated rings. The topological polar surface area (TPSA) is 82.1 Å². The molecule has 0 aliphatic heterocycles. The SMILES string of the molecule is CC(C)CCC(CCOC(=O)CCCCCCCC=CCCCCCCCCC(CCCCCCCCC=CCCCCCCCC(=O)OCCC(C(C)C)C(C)C)OC(=O)CCCN(C)C)C(C)C. The summed E-state index contributed by atoms with van der Waals surface area (Å²) < 4.78 is 17.1. The van der Waals surface area contributed by atoms with Crippen molar-refractivity contribution in [1.29, 1.82) is 0 Å². The van der Waals surface area contributed by atoms with Gasteiger partial charge in [-0.3, -0.25) is 14.4 Å². The van der Waals surface area contributed by atoms with Gasteiger partial charge in [-0.25, -0.2) is 0 Å². The van der Waals surface area contributed by atoms with Gasteiger partial charge in [0.25, 0.3) is 0 Å². The van der Waals surface area contributed by atoms with Crippen molar-refractivity contribution in [2.24, 2.45) is 35.5 Å². The highest BCUT2D eigenvalue weighted by molar-refractivity contribution is 5.70. The van der Waals surface area contributed by atoms with Crippen LogP contribution in [0, 0.1) is 35.5 Å². The van der Waals surface area contributed by atoms with Gasteiger partial charge >= 0.3 is 17.9 Å². The molecule has 0 heterocycles. The summed E-state index contributed by atoms with van der Waals surface area (Å²) in [6.45, 7) is 20.3. The van der Waals surface area contributed by atoms with E-state index >= 15 is 0 Å². The smallest absolute Gasteiger partial charge is 0.306 e. The van der Waals surface area contributed by atoms with Crippen LogP contribution in [0.4, 0.5) is 0 Å². The Bertz CT molecular complexity index is 1230. The highest BCUT2D eigenvalue weighted by atomic mass is 16.5. The van der Waals surface area contributed by atoms with E-state index in [2.05, 4.69) is 98.7 Å². The quantitative estimate of drug-likeness (QED) is 0.0260. The molecular formula is C63H119NO6. The minimum atomic E-state index is -0.0213. The van der Waals surface area contributed by atoms with Crippen LogP contribution in [0.2, 0.25) is 0 Å². The van der Waals surface area contributed by atoms with Crippen LogP contribution in [0.3, 0.4) is 0 Å². The van der Waals surface area contributed by atoms with E-state index in [-0.39, 0.29) is 24.0 Å². The lowest BCUT2D eigenvalue weighted by Gasteiger charge is -2.24. The number of carbonyl (C=O) groups excluding carboxylic acids is 3. The van der Waals surface area contributed by atoms with Crippen LogP contribution >= 0.6 is 0 Å². The fraction of sp³-hybridized carbons (Fsp3) is 0.889. The molecule has 0 aliphatic rings. The third-order valence-electron chi connectivity index (χ3n) is 14.7. The van der Waals surface area contributed by atoms with Crippen molar-refractivity contribution >= 4 is 17.9 Å². The summed E-state index contributed by atoms with van der Waals surface area (Å²) >= 11 is 0. The molecule has 0 aromatic carbocycles. The number of allylic oxidation sites excluding steroid dienone is 4. The Labute approximate surface area is 436 Å². The van der Waals surface area contributed by atoms with Crippen LogP contribution in [0.1, 0.15) is 287 Å². The monoisotopic (exact) mass is 986 g/mol. The van der Waals surface area contributed by atoms with Crippen molar-refractivity contribution in [3.63, 3.8) is 0 Å². The zero-order valence-electron chi connectivity index (χ0n) is 48.3. The van der Waals surface area contributed by atoms with Crippen molar-refractivity contribution in [2.45, 2.75) is 293 Å². The van der Waals surface area contributed by atoms with Crippen molar-refractivity contribution in [2.75, 3.05) is 33.9 Å². The standard InChI is InChI=1S/C63H119NO6/c1-54(2)47-48-58(55(3)4)49-52-68-61(65)44-39-35-31-27-23-19-15-11-13-17-21-25-29-33-37-42-59(70-63(67)46-41-51-64(9)10)43-38-34-30-26-22-18-14-12-16-20-24-28-32-36-40-45-62(66)69-53-50-60(56(5)6)57(7)8/h11-12,15-16,54-60H,13-14,17-53H2,1-10H3. The van der Waals surface area contributed by atoms with Gasteiger partial charge < -0.3 is 19.1 Å². The molecule has 0 aromatic heterocycles. The van der Waals surface area contributed by atoms with Crippen LogP contribution in [0.15, 0.2) is 24.3 Å². The summed E-state index contributed by atoms with van der Waals surface area (Å²) in [6.07, 6.45) is 49.8. The van der Waals surface area contributed by atoms with Gasteiger partial charge in [0.15, 0.2) is 0 Å². The Balaban J connectivity index is 3.96. The van der Waals surface area contributed by atoms with Gasteiger partial charge in [0.05, 0.1) is 13.2 Å². The predicted octanol–water partition coefficient (Wildman–Crippen LogP) is 18.6. The maximum Gasteiger partial charge on any atom is 0.306 e. The first-order valence-corrected chi connectivity index (χ1v) is 30.2. The maximum atomic E-state index is 12.7. The largest absolute Gasteiger partial charge is 0.466 e. The van der Waals surface area contributed by atoms with Crippen LogP contribution < -0.4 is 0 Å². The fourth-order valence-electron chi connectivity index (χ4n) is 9.90. The van der Waals surface area contributed by atoms with E-state index in [1.165, 1.54) is 141 Å². The number of hydrogen-bond acceptors (Lipinski definition) is 7. The van der Waals surface area contributed by atoms with Crippen molar-refractivity contribution in [3.05, 3.63) is 24.3 Å². The second-order valence-corrected chi connectivity index (χ2v) is 23.1. The van der Waals surface area contributed by atoms with E-state index in [1.807, 2.05) is 0 Å². The molecule has 0 rings (SSSR count). The third kappa shape index (κ3) is 46.9. The number of rotatable bonds is 51. The second kappa shape index (κ2) is 49.1. The summed E-state index contributed by atoms with van der Waals surface area (Å²) in [4.78, 5) is 39.1. The van der Waals surface area contributed by atoms with Crippen LogP contribution in [0.25, 0.3) is 0 Å². The van der Waals surface area contributed by atoms with Crippen LogP contribution in [-0.4, -0.2) is 62.8 Å². The Kier molecular flexibility index (Phi) is 47.6. The highest BCUT2D eigenvalue weighted by Gasteiger charge is 2.19. The molecule has 0 amide bonds. The van der Waals surface area contributed by atoms with Crippen LogP contribution in [-0.2, 0) is 28.6 Å². The molecule has 2 atom stereocenters. The van der Waals surface area contributed by atoms with Gasteiger partial charge in [0, 0.05) is 19.3 Å². The third-order valence-corrected chi connectivity index (χ3v) is 14.7. The minimum Gasteiger partial charge on any atom is -0.466 e. The average Bonchev–Trinajstić information content (AvgIpc) is 3.30. The summed E-state index contributed by atoms with van der Waals surface area (Å²) in [5.74, 6) is 3.86. The lowest BCUT2D eigenvalue weighted by molar-refractivity contribution is -0.150. The number of carbonyl (C=O) groups is 3. The van der Waals surface area contributed by atoms with Gasteiger partial charge in [-0.15, -0.1) is 0 Å². The Morgan fingerprint density at radius 3 is 1.14 bits per heavy atom.